The molecule has 0 aliphatic rings. The van der Waals surface area contributed by atoms with E-state index in [1.165, 1.54) is 13.8 Å². The summed E-state index contributed by atoms with van der Waals surface area (Å²) in [5.41, 5.74) is 4.71. The summed E-state index contributed by atoms with van der Waals surface area (Å²) >= 11 is 0. The number of nitrogens with one attached hydrogen (secondary N) is 1. The molecule has 0 unspecified atom stereocenters. The summed E-state index contributed by atoms with van der Waals surface area (Å²) in [4.78, 5) is 10.4. The lowest BCUT2D eigenvalue weighted by atomic mass is 10.1. The summed E-state index contributed by atoms with van der Waals surface area (Å²) in [7, 11) is 0. The predicted octanol–water partition coefficient (Wildman–Crippen LogP) is 0.343. The minimum atomic E-state index is -0.771. The van der Waals surface area contributed by atoms with E-state index in [-0.39, 0.29) is 17.0 Å². The smallest absolute Gasteiger partial charge is 0.253 e. The van der Waals surface area contributed by atoms with Crippen LogP contribution in [0.1, 0.15) is 13.8 Å². The van der Waals surface area contributed by atoms with E-state index in [1.807, 2.05) is 0 Å². The number of rotatable bonds is 2. The van der Waals surface area contributed by atoms with Crippen molar-refractivity contribution in [2.24, 2.45) is 5.73 Å². The average molecular weight is 142 g/mol. The predicted molar refractivity (Wildman–Crippen MR) is 37.9 cm³/mol. The zero-order chi connectivity index (χ0) is 8.31. The molecule has 0 radical (unpaired) electrons. The third-order valence-corrected chi connectivity index (χ3v) is 0.983. The van der Waals surface area contributed by atoms with Crippen LogP contribution in [0.3, 0.4) is 0 Å². The van der Waals surface area contributed by atoms with Gasteiger partial charge >= 0.3 is 0 Å². The van der Waals surface area contributed by atoms with Crippen molar-refractivity contribution in [2.75, 3.05) is 0 Å². The van der Waals surface area contributed by atoms with Crippen LogP contribution >= 0.6 is 0 Å². The summed E-state index contributed by atoms with van der Waals surface area (Å²) in [5, 5.41) is 15.8. The summed E-state index contributed by atoms with van der Waals surface area (Å²) in [6, 6.07) is 0. The van der Waals surface area contributed by atoms with Crippen molar-refractivity contribution in [3.63, 3.8) is 0 Å². The van der Waals surface area contributed by atoms with E-state index in [1.54, 1.807) is 0 Å². The van der Waals surface area contributed by atoms with Crippen molar-refractivity contribution in [1.29, 1.82) is 5.41 Å². The number of hydrogen-bond donors (Lipinski definition) is 3. The number of allylic oxidation sites excluding steroid dienone is 1. The molecule has 10 heavy (non-hydrogen) atoms. The van der Waals surface area contributed by atoms with Gasteiger partial charge in [-0.2, -0.15) is 0 Å². The van der Waals surface area contributed by atoms with Gasteiger partial charge in [-0.25, -0.2) is 0 Å². The fourth-order valence-corrected chi connectivity index (χ4v) is 0.634. The molecule has 0 spiro atoms. The first-order valence-electron chi connectivity index (χ1n) is 2.72. The first-order valence-corrected chi connectivity index (χ1v) is 2.72. The second kappa shape index (κ2) is 3.00. The van der Waals surface area contributed by atoms with E-state index in [0.29, 0.717) is 0 Å². The zero-order valence-electron chi connectivity index (χ0n) is 5.93. The van der Waals surface area contributed by atoms with E-state index in [4.69, 9.17) is 16.2 Å². The Bertz CT molecular complexity index is 186. The Kier molecular flexibility index (Phi) is 2.61. The molecular formula is C6H10N2O2. The molecule has 0 rings (SSSR count). The number of carbonyl (C=O) groups excluding carboxylic acids is 1. The standard InChI is InChI=1S/C6H10N2O2/c1-3(7)5(4(2)9)6(8)10/h7,9H,1-2H3,(H2,8,10)/b5-4+,7-3?. The van der Waals surface area contributed by atoms with Crippen molar-refractivity contribution in [3.05, 3.63) is 11.3 Å². The maximum Gasteiger partial charge on any atom is 0.253 e. The number of nitrogens with two attached hydrogens (primary N) is 1. The number of amides is 1. The fourth-order valence-electron chi connectivity index (χ4n) is 0.634. The minimum absolute atomic E-state index is 0.0208. The van der Waals surface area contributed by atoms with Gasteiger partial charge in [0.1, 0.15) is 5.76 Å². The number of hydrogen-bond acceptors (Lipinski definition) is 3. The number of aliphatic hydroxyl groups excluding tert-OH is 1. The molecule has 0 aromatic heterocycles. The molecule has 4 nitrogen and oxygen atoms in total. The highest BCUT2D eigenvalue weighted by Gasteiger charge is 2.10. The van der Waals surface area contributed by atoms with Gasteiger partial charge in [0, 0.05) is 5.71 Å². The van der Waals surface area contributed by atoms with E-state index in [2.05, 4.69) is 0 Å². The number of carbonyl (C=O) groups is 1. The number of aliphatic hydroxyl groups is 1. The van der Waals surface area contributed by atoms with Gasteiger partial charge in [-0.3, -0.25) is 4.79 Å². The highest BCUT2D eigenvalue weighted by Crippen LogP contribution is 2.00. The lowest BCUT2D eigenvalue weighted by molar-refractivity contribution is -0.114. The van der Waals surface area contributed by atoms with Gasteiger partial charge in [0.15, 0.2) is 0 Å². The lowest BCUT2D eigenvalue weighted by Crippen LogP contribution is -2.20. The lowest BCUT2D eigenvalue weighted by Gasteiger charge is -1.99. The normalized spacial score (nSPS) is 12.2. The first-order chi connectivity index (χ1) is 4.46. The average Bonchev–Trinajstić information content (AvgIpc) is 1.59. The van der Waals surface area contributed by atoms with E-state index >= 15 is 0 Å². The maximum atomic E-state index is 10.4. The van der Waals surface area contributed by atoms with Crippen LogP contribution in [0.5, 0.6) is 0 Å². The Balaban J connectivity index is 4.79. The van der Waals surface area contributed by atoms with Gasteiger partial charge in [0.2, 0.25) is 0 Å². The first kappa shape index (κ1) is 8.68. The Labute approximate surface area is 58.9 Å². The van der Waals surface area contributed by atoms with Crippen LogP contribution in [-0.4, -0.2) is 16.7 Å². The third-order valence-electron chi connectivity index (χ3n) is 0.983. The van der Waals surface area contributed by atoms with Gasteiger partial charge in [0.25, 0.3) is 5.91 Å². The monoisotopic (exact) mass is 142 g/mol. The minimum Gasteiger partial charge on any atom is -0.512 e. The molecule has 1 amide bonds. The van der Waals surface area contributed by atoms with Crippen LogP contribution < -0.4 is 5.73 Å². The van der Waals surface area contributed by atoms with E-state index < -0.39 is 5.91 Å². The molecule has 0 bridgehead atoms. The molecule has 0 saturated heterocycles. The van der Waals surface area contributed by atoms with E-state index in [9.17, 15) is 4.79 Å². The molecule has 56 valence electrons. The van der Waals surface area contributed by atoms with Crippen LogP contribution in [-0.2, 0) is 4.79 Å². The second-order valence-electron chi connectivity index (χ2n) is 1.95. The Morgan fingerprint density at radius 2 is 1.90 bits per heavy atom. The maximum absolute atomic E-state index is 10.4. The van der Waals surface area contributed by atoms with Gasteiger partial charge in [-0.1, -0.05) is 0 Å². The second-order valence-corrected chi connectivity index (χ2v) is 1.95. The van der Waals surface area contributed by atoms with Gasteiger partial charge in [-0.15, -0.1) is 0 Å². The van der Waals surface area contributed by atoms with Crippen molar-refractivity contribution >= 4 is 11.6 Å². The third kappa shape index (κ3) is 1.89. The highest BCUT2D eigenvalue weighted by molar-refractivity contribution is 6.19. The molecule has 0 aliphatic carbocycles. The summed E-state index contributed by atoms with van der Waals surface area (Å²) in [6.07, 6.45) is 0. The molecule has 0 aromatic carbocycles. The summed E-state index contributed by atoms with van der Waals surface area (Å²) < 4.78 is 0. The molecular weight excluding hydrogens is 132 g/mol. The number of primary amides is 1. The van der Waals surface area contributed by atoms with E-state index in [0.717, 1.165) is 0 Å². The largest absolute Gasteiger partial charge is 0.512 e. The molecule has 0 aliphatic heterocycles. The molecule has 0 heterocycles. The summed E-state index contributed by atoms with van der Waals surface area (Å²) in [5.74, 6) is -0.979. The van der Waals surface area contributed by atoms with Gasteiger partial charge in [-0.05, 0) is 13.8 Å². The van der Waals surface area contributed by atoms with Gasteiger partial charge in [0.05, 0.1) is 5.57 Å². The molecule has 0 aromatic rings. The van der Waals surface area contributed by atoms with Crippen LogP contribution in [0.15, 0.2) is 11.3 Å². The van der Waals surface area contributed by atoms with Crippen LogP contribution in [0.2, 0.25) is 0 Å². The topological polar surface area (TPSA) is 87.2 Å². The van der Waals surface area contributed by atoms with Gasteiger partial charge < -0.3 is 16.2 Å². The van der Waals surface area contributed by atoms with Crippen molar-refractivity contribution < 1.29 is 9.90 Å². The van der Waals surface area contributed by atoms with Crippen molar-refractivity contribution in [3.8, 4) is 0 Å². The molecule has 0 atom stereocenters. The Morgan fingerprint density at radius 1 is 1.50 bits per heavy atom. The van der Waals surface area contributed by atoms with Crippen LogP contribution in [0, 0.1) is 5.41 Å². The van der Waals surface area contributed by atoms with Crippen molar-refractivity contribution in [2.45, 2.75) is 13.8 Å². The quantitative estimate of drug-likeness (QED) is 0.295. The Hall–Kier alpha value is -1.32. The molecule has 0 fully saturated rings. The molecule has 0 saturated carbocycles. The molecule has 4 heteroatoms. The fraction of sp³-hybridized carbons (Fsp3) is 0.333. The molecule has 4 N–H and O–H groups in total. The van der Waals surface area contributed by atoms with Crippen LogP contribution in [0.4, 0.5) is 0 Å². The summed E-state index contributed by atoms with van der Waals surface area (Å²) in [6.45, 7) is 2.71. The van der Waals surface area contributed by atoms with Crippen molar-refractivity contribution in [1.82, 2.24) is 0 Å². The Morgan fingerprint density at radius 3 is 1.90 bits per heavy atom. The highest BCUT2D eigenvalue weighted by atomic mass is 16.3. The van der Waals surface area contributed by atoms with Crippen LogP contribution in [0.25, 0.3) is 0 Å². The zero-order valence-corrected chi connectivity index (χ0v) is 5.93. The SMILES string of the molecule is CC(=N)/C(C(N)=O)=C(/C)O.